The molecule has 0 amide bonds. The van der Waals surface area contributed by atoms with Crippen LogP contribution in [0.25, 0.3) is 0 Å². The van der Waals surface area contributed by atoms with Gasteiger partial charge < -0.3 is 4.90 Å². The lowest BCUT2D eigenvalue weighted by Gasteiger charge is -2.28. The minimum atomic E-state index is -4.38. The Bertz CT molecular complexity index is 422. The fourth-order valence-corrected chi connectivity index (χ4v) is 2.82. The standard InChI is InChI=1S/C12H14ClF3N2/c1-8-4-6-18(10(8)7-13)11-9(12(14,15)16)3-2-5-17-11/h2-3,5,8,10H,4,6-7H2,1H3. The summed E-state index contributed by atoms with van der Waals surface area (Å²) in [7, 11) is 0. The zero-order chi connectivity index (χ0) is 13.3. The van der Waals surface area contributed by atoms with Crippen LogP contribution in [0.15, 0.2) is 18.3 Å². The minimum absolute atomic E-state index is 0.000000000000000444. The van der Waals surface area contributed by atoms with Gasteiger partial charge in [-0.15, -0.1) is 11.6 Å². The van der Waals surface area contributed by atoms with Crippen LogP contribution in [0, 0.1) is 5.92 Å². The highest BCUT2D eigenvalue weighted by atomic mass is 35.5. The molecular formula is C12H14ClF3N2. The Balaban J connectivity index is 2.39. The first-order chi connectivity index (χ1) is 8.45. The summed E-state index contributed by atoms with van der Waals surface area (Å²) >= 11 is 5.86. The molecule has 2 nitrogen and oxygen atoms in total. The normalized spacial score (nSPS) is 24.6. The first kappa shape index (κ1) is 13.5. The van der Waals surface area contributed by atoms with Crippen LogP contribution < -0.4 is 4.90 Å². The predicted molar refractivity (Wildman–Crippen MR) is 64.9 cm³/mol. The van der Waals surface area contributed by atoms with Gasteiger partial charge in [0.05, 0.1) is 5.56 Å². The molecule has 6 heteroatoms. The highest BCUT2D eigenvalue weighted by Crippen LogP contribution is 2.38. The molecule has 0 bridgehead atoms. The number of anilines is 1. The van der Waals surface area contributed by atoms with E-state index in [9.17, 15) is 13.2 Å². The van der Waals surface area contributed by atoms with Crippen LogP contribution in [0.2, 0.25) is 0 Å². The summed E-state index contributed by atoms with van der Waals surface area (Å²) in [6, 6.07) is 2.29. The molecule has 0 radical (unpaired) electrons. The molecule has 1 aliphatic heterocycles. The SMILES string of the molecule is CC1CCN(c2ncccc2C(F)(F)F)C1CCl. The van der Waals surface area contributed by atoms with Crippen molar-refractivity contribution in [3.05, 3.63) is 23.9 Å². The van der Waals surface area contributed by atoms with E-state index >= 15 is 0 Å². The van der Waals surface area contributed by atoms with Gasteiger partial charge in [0.15, 0.2) is 0 Å². The van der Waals surface area contributed by atoms with E-state index in [1.165, 1.54) is 12.3 Å². The van der Waals surface area contributed by atoms with Crippen LogP contribution in [0.4, 0.5) is 19.0 Å². The zero-order valence-electron chi connectivity index (χ0n) is 9.91. The third-order valence-corrected chi connectivity index (χ3v) is 3.72. The molecule has 0 saturated carbocycles. The average molecular weight is 279 g/mol. The van der Waals surface area contributed by atoms with Crippen LogP contribution in [0.5, 0.6) is 0 Å². The number of hydrogen-bond acceptors (Lipinski definition) is 2. The van der Waals surface area contributed by atoms with E-state index in [1.807, 2.05) is 6.92 Å². The second-order valence-corrected chi connectivity index (χ2v) is 4.86. The van der Waals surface area contributed by atoms with Crippen molar-refractivity contribution in [3.63, 3.8) is 0 Å². The quantitative estimate of drug-likeness (QED) is 0.769. The Hall–Kier alpha value is -0.970. The van der Waals surface area contributed by atoms with Crippen molar-refractivity contribution >= 4 is 17.4 Å². The smallest absolute Gasteiger partial charge is 0.352 e. The van der Waals surface area contributed by atoms with Crippen molar-refractivity contribution in [1.29, 1.82) is 0 Å². The second-order valence-electron chi connectivity index (χ2n) is 4.55. The molecule has 0 N–H and O–H groups in total. The Labute approximate surface area is 109 Å². The van der Waals surface area contributed by atoms with Crippen LogP contribution in [-0.2, 0) is 6.18 Å². The third kappa shape index (κ3) is 2.41. The Morgan fingerprint density at radius 3 is 2.83 bits per heavy atom. The van der Waals surface area contributed by atoms with Crippen LogP contribution >= 0.6 is 11.6 Å². The van der Waals surface area contributed by atoms with Crippen molar-refractivity contribution in [2.24, 2.45) is 5.92 Å². The Morgan fingerprint density at radius 2 is 2.22 bits per heavy atom. The van der Waals surface area contributed by atoms with Gasteiger partial charge in [0, 0.05) is 24.7 Å². The Kier molecular flexibility index (Phi) is 3.71. The lowest BCUT2D eigenvalue weighted by Crippen LogP contribution is -2.35. The highest BCUT2D eigenvalue weighted by Gasteiger charge is 2.39. The fourth-order valence-electron chi connectivity index (χ4n) is 2.35. The van der Waals surface area contributed by atoms with Crippen molar-refractivity contribution in [3.8, 4) is 0 Å². The maximum Gasteiger partial charge on any atom is 0.419 e. The van der Waals surface area contributed by atoms with E-state index in [0.717, 1.165) is 12.5 Å². The molecule has 0 aromatic carbocycles. The minimum Gasteiger partial charge on any atom is -0.352 e. The number of hydrogen-bond donors (Lipinski definition) is 0. The van der Waals surface area contributed by atoms with E-state index in [1.54, 1.807) is 4.90 Å². The van der Waals surface area contributed by atoms with Crippen LogP contribution in [-0.4, -0.2) is 23.5 Å². The number of aromatic nitrogens is 1. The van der Waals surface area contributed by atoms with Crippen molar-refractivity contribution < 1.29 is 13.2 Å². The molecule has 2 atom stereocenters. The first-order valence-corrected chi connectivity index (χ1v) is 6.33. The zero-order valence-corrected chi connectivity index (χ0v) is 10.7. The maximum absolute atomic E-state index is 12.9. The van der Waals surface area contributed by atoms with Gasteiger partial charge in [0.2, 0.25) is 0 Å². The molecule has 2 heterocycles. The van der Waals surface area contributed by atoms with Crippen LogP contribution in [0.1, 0.15) is 18.9 Å². The summed E-state index contributed by atoms with van der Waals surface area (Å²) in [4.78, 5) is 5.59. The average Bonchev–Trinajstić information content (AvgIpc) is 2.69. The third-order valence-electron chi connectivity index (χ3n) is 3.40. The van der Waals surface area contributed by atoms with E-state index in [2.05, 4.69) is 4.98 Å². The largest absolute Gasteiger partial charge is 0.419 e. The second kappa shape index (κ2) is 4.96. The molecule has 1 aromatic rings. The topological polar surface area (TPSA) is 16.1 Å². The summed E-state index contributed by atoms with van der Waals surface area (Å²) in [5.74, 6) is 0.597. The summed E-state index contributed by atoms with van der Waals surface area (Å²) < 4.78 is 38.8. The molecule has 18 heavy (non-hydrogen) atoms. The number of rotatable bonds is 2. The van der Waals surface area contributed by atoms with E-state index in [-0.39, 0.29) is 17.8 Å². The molecule has 2 unspecified atom stereocenters. The summed E-state index contributed by atoms with van der Waals surface area (Å²) in [6.07, 6.45) is -2.16. The molecule has 100 valence electrons. The first-order valence-electron chi connectivity index (χ1n) is 5.80. The number of nitrogens with zero attached hydrogens (tertiary/aromatic N) is 2. The monoisotopic (exact) mass is 278 g/mol. The molecule has 1 saturated heterocycles. The van der Waals surface area contributed by atoms with Crippen molar-refractivity contribution in [2.45, 2.75) is 25.6 Å². The predicted octanol–water partition coefficient (Wildman–Crippen LogP) is 3.55. The summed E-state index contributed by atoms with van der Waals surface area (Å²) in [6.45, 7) is 2.57. The van der Waals surface area contributed by atoms with Gasteiger partial charge in [-0.05, 0) is 24.5 Å². The van der Waals surface area contributed by atoms with Crippen molar-refractivity contribution in [2.75, 3.05) is 17.3 Å². The summed E-state index contributed by atoms with van der Waals surface area (Å²) in [5, 5.41) is 0. The molecule has 2 rings (SSSR count). The molecule has 0 aliphatic carbocycles. The maximum atomic E-state index is 12.9. The molecule has 0 spiro atoms. The molecule has 1 fully saturated rings. The summed E-state index contributed by atoms with van der Waals surface area (Å²) in [5.41, 5.74) is -0.686. The van der Waals surface area contributed by atoms with E-state index in [4.69, 9.17) is 11.6 Å². The van der Waals surface area contributed by atoms with E-state index in [0.29, 0.717) is 12.4 Å². The van der Waals surface area contributed by atoms with Gasteiger partial charge in [-0.2, -0.15) is 13.2 Å². The van der Waals surface area contributed by atoms with Gasteiger partial charge in [0.1, 0.15) is 5.82 Å². The van der Waals surface area contributed by atoms with Gasteiger partial charge in [-0.3, -0.25) is 0 Å². The Morgan fingerprint density at radius 1 is 1.50 bits per heavy atom. The molecular weight excluding hydrogens is 265 g/mol. The molecule has 1 aliphatic rings. The number of halogens is 4. The van der Waals surface area contributed by atoms with Gasteiger partial charge in [0.25, 0.3) is 0 Å². The van der Waals surface area contributed by atoms with Gasteiger partial charge >= 0.3 is 6.18 Å². The number of pyridine rings is 1. The van der Waals surface area contributed by atoms with Crippen LogP contribution in [0.3, 0.4) is 0 Å². The highest BCUT2D eigenvalue weighted by molar-refractivity contribution is 6.18. The van der Waals surface area contributed by atoms with Gasteiger partial charge in [-0.1, -0.05) is 6.92 Å². The van der Waals surface area contributed by atoms with Gasteiger partial charge in [-0.25, -0.2) is 4.98 Å². The van der Waals surface area contributed by atoms with E-state index < -0.39 is 11.7 Å². The lowest BCUT2D eigenvalue weighted by molar-refractivity contribution is -0.137. The van der Waals surface area contributed by atoms with Crippen molar-refractivity contribution in [1.82, 2.24) is 4.98 Å². The lowest BCUT2D eigenvalue weighted by atomic mass is 10.0. The fraction of sp³-hybridized carbons (Fsp3) is 0.583. The number of alkyl halides is 4. The molecule has 1 aromatic heterocycles.